The number of imidazole rings is 1. The van der Waals surface area contributed by atoms with Gasteiger partial charge in [-0.05, 0) is 12.1 Å². The van der Waals surface area contributed by atoms with Crippen LogP contribution in [0.5, 0.6) is 0 Å². The number of benzene rings is 1. The number of hydrogen-bond acceptors (Lipinski definition) is 7. The first-order valence-corrected chi connectivity index (χ1v) is 8.21. The molecule has 1 aliphatic rings. The number of aromatic nitrogens is 4. The molecule has 0 saturated heterocycles. The molecular formula is C17H13N5O6. The summed E-state index contributed by atoms with van der Waals surface area (Å²) in [5, 5.41) is 0.381. The van der Waals surface area contributed by atoms with Crippen LogP contribution in [0.2, 0.25) is 0 Å². The Labute approximate surface area is 155 Å². The molecule has 1 aliphatic heterocycles. The Balaban J connectivity index is 1.52. The molecule has 0 saturated carbocycles. The number of amides is 2. The van der Waals surface area contributed by atoms with Crippen molar-refractivity contribution in [1.82, 2.24) is 24.2 Å². The zero-order valence-corrected chi connectivity index (χ0v) is 14.5. The third kappa shape index (κ3) is 2.52. The average Bonchev–Trinajstić information content (AvgIpc) is 3.27. The van der Waals surface area contributed by atoms with Gasteiger partial charge in [0.1, 0.15) is 5.52 Å². The summed E-state index contributed by atoms with van der Waals surface area (Å²) in [6, 6.07) is 6.07. The topological polar surface area (TPSA) is 136 Å². The first-order chi connectivity index (χ1) is 13.4. The molecule has 0 bridgehead atoms. The molecule has 3 aromatic rings. The van der Waals surface area contributed by atoms with E-state index in [2.05, 4.69) is 9.97 Å². The lowest BCUT2D eigenvalue weighted by Crippen LogP contribution is -2.40. The Morgan fingerprint density at radius 3 is 2.39 bits per heavy atom. The number of aromatic amines is 1. The van der Waals surface area contributed by atoms with Gasteiger partial charge in [-0.3, -0.25) is 23.5 Å². The zero-order valence-electron chi connectivity index (χ0n) is 14.5. The lowest BCUT2D eigenvalue weighted by molar-refractivity contribution is -0.168. The first-order valence-electron chi connectivity index (χ1n) is 8.21. The highest BCUT2D eigenvalue weighted by Crippen LogP contribution is 2.22. The van der Waals surface area contributed by atoms with Crippen molar-refractivity contribution in [3.63, 3.8) is 0 Å². The number of carbonyl (C=O) groups is 3. The zero-order chi connectivity index (χ0) is 20.0. The van der Waals surface area contributed by atoms with Gasteiger partial charge in [0, 0.05) is 13.6 Å². The van der Waals surface area contributed by atoms with Crippen LogP contribution in [0.3, 0.4) is 0 Å². The minimum atomic E-state index is -0.937. The van der Waals surface area contributed by atoms with Crippen LogP contribution in [-0.4, -0.2) is 41.9 Å². The highest BCUT2D eigenvalue weighted by atomic mass is 16.7. The van der Waals surface area contributed by atoms with Crippen LogP contribution in [0.25, 0.3) is 11.2 Å². The van der Waals surface area contributed by atoms with Gasteiger partial charge in [0.2, 0.25) is 0 Å². The van der Waals surface area contributed by atoms with E-state index in [1.54, 1.807) is 12.1 Å². The number of H-pyrrole nitrogens is 1. The molecule has 0 atom stereocenters. The Bertz CT molecular complexity index is 1230. The third-order valence-electron chi connectivity index (χ3n) is 4.40. The average molecular weight is 383 g/mol. The molecule has 1 N–H and O–H groups in total. The highest BCUT2D eigenvalue weighted by Gasteiger charge is 2.38. The Morgan fingerprint density at radius 1 is 1.11 bits per heavy atom. The molecule has 0 fully saturated rings. The summed E-state index contributed by atoms with van der Waals surface area (Å²) in [5.41, 5.74) is -0.705. The summed E-state index contributed by atoms with van der Waals surface area (Å²) in [5.74, 6) is -2.44. The second-order valence-electron chi connectivity index (χ2n) is 6.06. The predicted octanol–water partition coefficient (Wildman–Crippen LogP) is -0.432. The van der Waals surface area contributed by atoms with Gasteiger partial charge in [-0.2, -0.15) is 0 Å². The van der Waals surface area contributed by atoms with E-state index in [1.807, 2.05) is 0 Å². The van der Waals surface area contributed by atoms with Crippen LogP contribution >= 0.6 is 0 Å². The molecule has 11 nitrogen and oxygen atoms in total. The molecule has 142 valence electrons. The third-order valence-corrected chi connectivity index (χ3v) is 4.40. The fourth-order valence-corrected chi connectivity index (χ4v) is 2.99. The molecule has 0 spiro atoms. The molecule has 28 heavy (non-hydrogen) atoms. The van der Waals surface area contributed by atoms with E-state index >= 15 is 0 Å². The van der Waals surface area contributed by atoms with Crippen molar-refractivity contribution in [2.75, 3.05) is 0 Å². The van der Waals surface area contributed by atoms with Gasteiger partial charge in [-0.1, -0.05) is 17.2 Å². The number of fused-ring (bicyclic) bond motifs is 2. The molecule has 1 aromatic carbocycles. The second-order valence-corrected chi connectivity index (χ2v) is 6.06. The molecule has 4 rings (SSSR count). The quantitative estimate of drug-likeness (QED) is 0.604. The smallest absolute Gasteiger partial charge is 0.335 e. The van der Waals surface area contributed by atoms with Crippen molar-refractivity contribution in [2.45, 2.75) is 13.0 Å². The van der Waals surface area contributed by atoms with Crippen LogP contribution < -0.4 is 11.2 Å². The number of aryl methyl sites for hydroxylation is 1. The monoisotopic (exact) mass is 383 g/mol. The summed E-state index contributed by atoms with van der Waals surface area (Å²) in [4.78, 5) is 72.6. The van der Waals surface area contributed by atoms with E-state index in [0.29, 0.717) is 5.06 Å². The van der Waals surface area contributed by atoms with Crippen molar-refractivity contribution >= 4 is 28.9 Å². The molecule has 11 heteroatoms. The van der Waals surface area contributed by atoms with Gasteiger partial charge in [-0.15, -0.1) is 0 Å². The van der Waals surface area contributed by atoms with Gasteiger partial charge in [0.25, 0.3) is 17.4 Å². The maximum Gasteiger partial charge on any atom is 0.335 e. The van der Waals surface area contributed by atoms with E-state index in [4.69, 9.17) is 4.84 Å². The first kappa shape index (κ1) is 17.4. The van der Waals surface area contributed by atoms with Crippen molar-refractivity contribution in [3.05, 3.63) is 62.6 Å². The Kier molecular flexibility index (Phi) is 3.91. The van der Waals surface area contributed by atoms with E-state index in [1.165, 1.54) is 30.1 Å². The Hall–Kier alpha value is -4.02. The molecule has 0 unspecified atom stereocenters. The minimum absolute atomic E-state index is 0.121. The molecule has 2 aromatic heterocycles. The van der Waals surface area contributed by atoms with Crippen LogP contribution in [0.15, 0.2) is 40.2 Å². The van der Waals surface area contributed by atoms with Gasteiger partial charge >= 0.3 is 11.7 Å². The van der Waals surface area contributed by atoms with Gasteiger partial charge < -0.3 is 9.82 Å². The van der Waals surface area contributed by atoms with Crippen LogP contribution in [0.1, 0.15) is 27.1 Å². The van der Waals surface area contributed by atoms with Crippen molar-refractivity contribution in [2.24, 2.45) is 7.05 Å². The minimum Gasteiger partial charge on any atom is -0.339 e. The summed E-state index contributed by atoms with van der Waals surface area (Å²) in [6.45, 7) is -0.289. The summed E-state index contributed by atoms with van der Waals surface area (Å²) in [6.07, 6.45) is 0.884. The summed E-state index contributed by atoms with van der Waals surface area (Å²) >= 11 is 0. The normalized spacial score (nSPS) is 13.2. The van der Waals surface area contributed by atoms with Crippen LogP contribution in [-0.2, 0) is 23.2 Å². The van der Waals surface area contributed by atoms with E-state index < -0.39 is 35.5 Å². The number of hydrogen-bond donors (Lipinski definition) is 1. The molecule has 2 amide bonds. The fraction of sp³-hybridized carbons (Fsp3) is 0.176. The number of rotatable bonds is 4. The number of hydroxylamine groups is 2. The van der Waals surface area contributed by atoms with Crippen molar-refractivity contribution in [1.29, 1.82) is 0 Å². The lowest BCUT2D eigenvalue weighted by atomic mass is 10.1. The van der Waals surface area contributed by atoms with Crippen molar-refractivity contribution < 1.29 is 19.2 Å². The van der Waals surface area contributed by atoms with E-state index in [0.717, 1.165) is 4.57 Å². The van der Waals surface area contributed by atoms with E-state index in [9.17, 15) is 24.0 Å². The number of nitrogens with zero attached hydrogens (tertiary/aromatic N) is 4. The highest BCUT2D eigenvalue weighted by molar-refractivity contribution is 6.20. The maximum atomic E-state index is 12.4. The molecular weight excluding hydrogens is 370 g/mol. The second kappa shape index (κ2) is 6.30. The van der Waals surface area contributed by atoms with Gasteiger partial charge in [0.05, 0.1) is 23.9 Å². The molecule has 0 aliphatic carbocycles. The van der Waals surface area contributed by atoms with E-state index in [-0.39, 0.29) is 28.8 Å². The van der Waals surface area contributed by atoms with Gasteiger partial charge in [0.15, 0.2) is 5.65 Å². The van der Waals surface area contributed by atoms with Gasteiger partial charge in [-0.25, -0.2) is 14.6 Å². The van der Waals surface area contributed by atoms with Crippen molar-refractivity contribution in [3.8, 4) is 0 Å². The predicted molar refractivity (Wildman–Crippen MR) is 93.2 cm³/mol. The Morgan fingerprint density at radius 2 is 1.75 bits per heavy atom. The van der Waals surface area contributed by atoms with Crippen LogP contribution in [0.4, 0.5) is 0 Å². The molecule has 0 radical (unpaired) electrons. The summed E-state index contributed by atoms with van der Waals surface area (Å²) in [7, 11) is 1.44. The SMILES string of the molecule is Cn1c(=O)n(CCC(=O)ON2C(=O)c3ccccc3C2=O)c(=O)c2[nH]cnc21. The fourth-order valence-electron chi connectivity index (χ4n) is 2.99. The largest absolute Gasteiger partial charge is 0.339 e. The van der Waals surface area contributed by atoms with Crippen LogP contribution in [0, 0.1) is 0 Å². The molecule has 3 heterocycles. The lowest BCUT2D eigenvalue weighted by Gasteiger charge is -2.13. The number of nitrogens with one attached hydrogen (secondary N) is 1. The number of carbonyl (C=O) groups excluding carboxylic acids is 3. The maximum absolute atomic E-state index is 12.4. The standard InChI is InChI=1S/C17H13N5O6/c1-20-13-12(18-8-19-13)16(26)21(17(20)27)7-6-11(23)28-22-14(24)9-4-2-3-5-10(9)15(22)25/h2-5,8H,6-7H2,1H3,(H,18,19). The number of imide groups is 1. The summed E-state index contributed by atoms with van der Waals surface area (Å²) < 4.78 is 2.02.